The summed E-state index contributed by atoms with van der Waals surface area (Å²) in [6.07, 6.45) is 6.74. The number of likely N-dealkylation sites (tertiary alicyclic amines) is 1. The molecular weight excluding hydrogens is 423 g/mol. The molecule has 0 unspecified atom stereocenters. The number of carbonyl (C=O) groups is 3. The number of hydrogen-bond donors (Lipinski definition) is 1. The van der Waals surface area contributed by atoms with Gasteiger partial charge in [-0.2, -0.15) is 0 Å². The van der Waals surface area contributed by atoms with Gasteiger partial charge in [0.15, 0.2) is 0 Å². The molecule has 0 radical (unpaired) electrons. The third kappa shape index (κ3) is 5.72. The molecule has 1 aromatic rings. The molecule has 4 rings (SSSR count). The number of hydrogen-bond acceptors (Lipinski definition) is 4. The molecule has 3 amide bonds. The molecule has 1 atom stereocenters. The topological polar surface area (TPSA) is 73.0 Å². The second-order valence-corrected chi connectivity index (χ2v) is 9.43. The highest BCUT2D eigenvalue weighted by Crippen LogP contribution is 2.31. The number of piperazine rings is 1. The average Bonchev–Trinajstić information content (AvgIpc) is 3.49. The minimum absolute atomic E-state index is 0.0588. The molecule has 3 aliphatic rings. The summed E-state index contributed by atoms with van der Waals surface area (Å²) in [7, 11) is 0. The van der Waals surface area contributed by atoms with Crippen LogP contribution in [0.25, 0.3) is 0 Å². The fourth-order valence-electron chi connectivity index (χ4n) is 5.49. The number of benzene rings is 1. The first-order valence-electron chi connectivity index (χ1n) is 12.4. The second-order valence-electron chi connectivity index (χ2n) is 9.43. The Labute approximate surface area is 195 Å². The maximum absolute atomic E-state index is 14.0. The summed E-state index contributed by atoms with van der Waals surface area (Å²) < 4.78 is 14.0. The largest absolute Gasteiger partial charge is 0.355 e. The van der Waals surface area contributed by atoms with Crippen molar-refractivity contribution < 1.29 is 18.8 Å². The lowest BCUT2D eigenvalue weighted by Gasteiger charge is -2.40. The van der Waals surface area contributed by atoms with Gasteiger partial charge >= 0.3 is 0 Å². The number of halogens is 1. The number of nitrogens with zero attached hydrogens (tertiary/aromatic N) is 3. The molecular formula is C25H35FN4O3. The lowest BCUT2D eigenvalue weighted by molar-refractivity contribution is -0.129. The van der Waals surface area contributed by atoms with Crippen LogP contribution in [0.5, 0.6) is 0 Å². The van der Waals surface area contributed by atoms with E-state index in [1.54, 1.807) is 17.0 Å². The zero-order valence-electron chi connectivity index (χ0n) is 19.3. The summed E-state index contributed by atoms with van der Waals surface area (Å²) in [5.41, 5.74) is 0.104. The molecule has 0 spiro atoms. The minimum Gasteiger partial charge on any atom is -0.355 e. The standard InChI is InChI=1S/C25H35FN4O3/c26-21-10-4-3-9-20(21)25(33)30-17-15-29(16-18-30)23(19-7-1-2-8-19)24(32)27-12-6-14-28-13-5-11-22(28)31/h3-4,9-10,19,23H,1-2,5-8,11-18H2,(H,27,32)/t23-/m1/s1. The van der Waals surface area contributed by atoms with E-state index < -0.39 is 5.82 Å². The van der Waals surface area contributed by atoms with Crippen LogP contribution in [-0.4, -0.2) is 84.3 Å². The van der Waals surface area contributed by atoms with Crippen molar-refractivity contribution in [3.05, 3.63) is 35.6 Å². The van der Waals surface area contributed by atoms with Crippen LogP contribution >= 0.6 is 0 Å². The zero-order valence-corrected chi connectivity index (χ0v) is 19.3. The first-order chi connectivity index (χ1) is 16.0. The second kappa shape index (κ2) is 11.1. The van der Waals surface area contributed by atoms with Crippen molar-refractivity contribution in [1.82, 2.24) is 20.0 Å². The molecule has 180 valence electrons. The lowest BCUT2D eigenvalue weighted by atomic mass is 9.95. The van der Waals surface area contributed by atoms with Gasteiger partial charge in [0.25, 0.3) is 5.91 Å². The molecule has 1 aliphatic carbocycles. The SMILES string of the molecule is O=C(NCCCN1CCCC1=O)[C@@H](C1CCCC1)N1CCN(C(=O)c2ccccc2F)CC1. The Bertz CT molecular complexity index is 850. The van der Waals surface area contributed by atoms with Crippen LogP contribution in [0.2, 0.25) is 0 Å². The molecule has 2 heterocycles. The van der Waals surface area contributed by atoms with E-state index in [1.807, 2.05) is 4.90 Å². The Morgan fingerprint density at radius 2 is 1.76 bits per heavy atom. The highest BCUT2D eigenvalue weighted by Gasteiger charge is 2.37. The van der Waals surface area contributed by atoms with Gasteiger partial charge in [-0.1, -0.05) is 25.0 Å². The van der Waals surface area contributed by atoms with Gasteiger partial charge in [0.1, 0.15) is 5.82 Å². The fourth-order valence-corrected chi connectivity index (χ4v) is 5.49. The van der Waals surface area contributed by atoms with Crippen molar-refractivity contribution in [3.8, 4) is 0 Å². The molecule has 1 N–H and O–H groups in total. The van der Waals surface area contributed by atoms with Crippen LogP contribution < -0.4 is 5.32 Å². The average molecular weight is 459 g/mol. The van der Waals surface area contributed by atoms with Gasteiger partial charge in [-0.3, -0.25) is 19.3 Å². The number of carbonyl (C=O) groups excluding carboxylic acids is 3. The van der Waals surface area contributed by atoms with Crippen molar-refractivity contribution in [3.63, 3.8) is 0 Å². The molecule has 7 nitrogen and oxygen atoms in total. The molecule has 0 bridgehead atoms. The molecule has 2 saturated heterocycles. The monoisotopic (exact) mass is 458 g/mol. The van der Waals surface area contributed by atoms with Crippen LogP contribution in [0.3, 0.4) is 0 Å². The Balaban J connectivity index is 1.30. The highest BCUT2D eigenvalue weighted by molar-refractivity contribution is 5.94. The van der Waals surface area contributed by atoms with Crippen molar-refractivity contribution in [2.45, 2.75) is 51.0 Å². The minimum atomic E-state index is -0.497. The number of nitrogens with one attached hydrogen (secondary N) is 1. The smallest absolute Gasteiger partial charge is 0.256 e. The number of rotatable bonds is 8. The van der Waals surface area contributed by atoms with Crippen LogP contribution in [0.1, 0.15) is 55.3 Å². The van der Waals surface area contributed by atoms with Crippen LogP contribution in [0, 0.1) is 11.7 Å². The maximum Gasteiger partial charge on any atom is 0.256 e. The van der Waals surface area contributed by atoms with E-state index in [-0.39, 0.29) is 29.3 Å². The summed E-state index contributed by atoms with van der Waals surface area (Å²) in [6, 6.07) is 5.90. The zero-order chi connectivity index (χ0) is 23.2. The Hall–Kier alpha value is -2.48. The summed E-state index contributed by atoms with van der Waals surface area (Å²) in [6.45, 7) is 4.28. The van der Waals surface area contributed by atoms with Gasteiger partial charge in [0, 0.05) is 52.2 Å². The van der Waals surface area contributed by atoms with E-state index in [2.05, 4.69) is 10.2 Å². The van der Waals surface area contributed by atoms with E-state index >= 15 is 0 Å². The predicted octanol–water partition coefficient (Wildman–Crippen LogP) is 2.27. The first kappa shape index (κ1) is 23.7. The van der Waals surface area contributed by atoms with Gasteiger partial charge in [-0.25, -0.2) is 4.39 Å². The number of amides is 3. The molecule has 0 aromatic heterocycles. The summed E-state index contributed by atoms with van der Waals surface area (Å²) in [4.78, 5) is 43.5. The van der Waals surface area contributed by atoms with E-state index in [0.717, 1.165) is 45.1 Å². The van der Waals surface area contributed by atoms with Gasteiger partial charge in [-0.05, 0) is 43.7 Å². The lowest BCUT2D eigenvalue weighted by Crippen LogP contribution is -2.58. The third-order valence-corrected chi connectivity index (χ3v) is 7.29. The fraction of sp³-hybridized carbons (Fsp3) is 0.640. The molecule has 8 heteroatoms. The van der Waals surface area contributed by atoms with E-state index in [9.17, 15) is 18.8 Å². The summed E-state index contributed by atoms with van der Waals surface area (Å²) in [5.74, 6) is -0.176. The van der Waals surface area contributed by atoms with Gasteiger partial charge in [0.2, 0.25) is 11.8 Å². The van der Waals surface area contributed by atoms with Crippen LogP contribution in [0.4, 0.5) is 4.39 Å². The summed E-state index contributed by atoms with van der Waals surface area (Å²) in [5, 5.41) is 3.11. The van der Waals surface area contributed by atoms with E-state index in [1.165, 1.54) is 12.1 Å². The van der Waals surface area contributed by atoms with Crippen molar-refractivity contribution in [1.29, 1.82) is 0 Å². The summed E-state index contributed by atoms with van der Waals surface area (Å²) >= 11 is 0. The first-order valence-corrected chi connectivity index (χ1v) is 12.4. The molecule has 33 heavy (non-hydrogen) atoms. The van der Waals surface area contributed by atoms with Crippen molar-refractivity contribution in [2.75, 3.05) is 45.8 Å². The Morgan fingerprint density at radius 1 is 1.03 bits per heavy atom. The quantitative estimate of drug-likeness (QED) is 0.607. The van der Waals surface area contributed by atoms with Crippen LogP contribution in [-0.2, 0) is 9.59 Å². The van der Waals surface area contributed by atoms with Crippen molar-refractivity contribution >= 4 is 17.7 Å². The molecule has 1 aromatic carbocycles. The predicted molar refractivity (Wildman–Crippen MR) is 123 cm³/mol. The normalized spacial score (nSPS) is 20.9. The van der Waals surface area contributed by atoms with Crippen LogP contribution in [0.15, 0.2) is 24.3 Å². The molecule has 3 fully saturated rings. The van der Waals surface area contributed by atoms with E-state index in [0.29, 0.717) is 51.6 Å². The van der Waals surface area contributed by atoms with Crippen molar-refractivity contribution in [2.24, 2.45) is 5.92 Å². The molecule has 1 saturated carbocycles. The van der Waals surface area contributed by atoms with Gasteiger partial charge in [-0.15, -0.1) is 0 Å². The Morgan fingerprint density at radius 3 is 2.42 bits per heavy atom. The maximum atomic E-state index is 14.0. The molecule has 2 aliphatic heterocycles. The van der Waals surface area contributed by atoms with Gasteiger partial charge < -0.3 is 15.1 Å². The van der Waals surface area contributed by atoms with Gasteiger partial charge in [0.05, 0.1) is 11.6 Å². The third-order valence-electron chi connectivity index (χ3n) is 7.29. The highest BCUT2D eigenvalue weighted by atomic mass is 19.1. The van der Waals surface area contributed by atoms with E-state index in [4.69, 9.17) is 0 Å². The Kier molecular flexibility index (Phi) is 7.96.